The normalized spacial score (nSPS) is 16.1. The van der Waals surface area contributed by atoms with Crippen molar-refractivity contribution in [3.8, 4) is 0 Å². The first-order valence-electron chi connectivity index (χ1n) is 6.29. The van der Waals surface area contributed by atoms with Gasteiger partial charge in [0.25, 0.3) is 0 Å². The van der Waals surface area contributed by atoms with Crippen LogP contribution in [0, 0.1) is 6.92 Å². The number of carbonyl (C=O) groups is 1. The van der Waals surface area contributed by atoms with E-state index in [1.165, 1.54) is 0 Å². The summed E-state index contributed by atoms with van der Waals surface area (Å²) >= 11 is 0. The van der Waals surface area contributed by atoms with E-state index >= 15 is 0 Å². The maximum absolute atomic E-state index is 11.6. The lowest BCUT2D eigenvalue weighted by atomic mass is 10.2. The van der Waals surface area contributed by atoms with Crippen molar-refractivity contribution in [1.29, 1.82) is 0 Å². The van der Waals surface area contributed by atoms with Gasteiger partial charge in [0.2, 0.25) is 5.91 Å². The number of anilines is 2. The summed E-state index contributed by atoms with van der Waals surface area (Å²) in [6, 6.07) is 0. The molecule has 2 rings (SSSR count). The van der Waals surface area contributed by atoms with Gasteiger partial charge in [-0.05, 0) is 20.3 Å². The molecule has 18 heavy (non-hydrogen) atoms. The quantitative estimate of drug-likeness (QED) is 0.818. The van der Waals surface area contributed by atoms with Crippen molar-refractivity contribution in [3.63, 3.8) is 0 Å². The van der Waals surface area contributed by atoms with Gasteiger partial charge in [-0.15, -0.1) is 0 Å². The number of hydrogen-bond donors (Lipinski definition) is 2. The molecule has 1 aliphatic heterocycles. The van der Waals surface area contributed by atoms with Gasteiger partial charge >= 0.3 is 0 Å². The van der Waals surface area contributed by atoms with Gasteiger partial charge in [0.15, 0.2) is 0 Å². The summed E-state index contributed by atoms with van der Waals surface area (Å²) in [7, 11) is 0. The molecule has 2 heterocycles. The standard InChI is InChI=1S/C12H19N5O/c1-3-13-11-9(2)12(16-8-15-11)17-6-4-5-14-10(18)7-17/h8H,3-7H2,1-2H3,(H,14,18)(H,13,15,16). The van der Waals surface area contributed by atoms with E-state index < -0.39 is 0 Å². The number of nitrogens with zero attached hydrogens (tertiary/aromatic N) is 3. The second-order valence-electron chi connectivity index (χ2n) is 4.33. The predicted molar refractivity (Wildman–Crippen MR) is 70.8 cm³/mol. The van der Waals surface area contributed by atoms with E-state index in [9.17, 15) is 4.79 Å². The summed E-state index contributed by atoms with van der Waals surface area (Å²) in [6.45, 7) is 6.76. The van der Waals surface area contributed by atoms with Crippen molar-refractivity contribution in [2.24, 2.45) is 0 Å². The predicted octanol–water partition coefficient (Wildman–Crippen LogP) is 0.543. The zero-order valence-electron chi connectivity index (χ0n) is 10.9. The Morgan fingerprint density at radius 3 is 3.11 bits per heavy atom. The number of amides is 1. The van der Waals surface area contributed by atoms with Gasteiger partial charge in [0, 0.05) is 25.2 Å². The maximum atomic E-state index is 11.6. The first kappa shape index (κ1) is 12.6. The van der Waals surface area contributed by atoms with E-state index in [0.29, 0.717) is 6.54 Å². The summed E-state index contributed by atoms with van der Waals surface area (Å²) in [4.78, 5) is 22.1. The third-order valence-electron chi connectivity index (χ3n) is 2.96. The monoisotopic (exact) mass is 249 g/mol. The second kappa shape index (κ2) is 5.66. The van der Waals surface area contributed by atoms with Crippen molar-refractivity contribution in [2.75, 3.05) is 36.4 Å². The average Bonchev–Trinajstić information content (AvgIpc) is 2.57. The van der Waals surface area contributed by atoms with Crippen LogP contribution < -0.4 is 15.5 Å². The van der Waals surface area contributed by atoms with Crippen LogP contribution in [-0.4, -0.2) is 42.1 Å². The Balaban J connectivity index is 2.26. The molecule has 6 heteroatoms. The Bertz CT molecular complexity index is 434. The number of nitrogens with one attached hydrogen (secondary N) is 2. The lowest BCUT2D eigenvalue weighted by Gasteiger charge is -2.22. The Hall–Kier alpha value is -1.85. The van der Waals surface area contributed by atoms with E-state index in [2.05, 4.69) is 20.6 Å². The van der Waals surface area contributed by atoms with Crippen molar-refractivity contribution in [1.82, 2.24) is 15.3 Å². The summed E-state index contributed by atoms with van der Waals surface area (Å²) in [5.74, 6) is 1.74. The average molecular weight is 249 g/mol. The highest BCUT2D eigenvalue weighted by Crippen LogP contribution is 2.22. The van der Waals surface area contributed by atoms with Gasteiger partial charge in [-0.3, -0.25) is 4.79 Å². The fourth-order valence-electron chi connectivity index (χ4n) is 2.09. The van der Waals surface area contributed by atoms with Crippen LogP contribution in [0.15, 0.2) is 6.33 Å². The van der Waals surface area contributed by atoms with Gasteiger partial charge in [-0.25, -0.2) is 9.97 Å². The summed E-state index contributed by atoms with van der Waals surface area (Å²) in [5, 5.41) is 6.07. The van der Waals surface area contributed by atoms with Crippen LogP contribution in [0.4, 0.5) is 11.6 Å². The van der Waals surface area contributed by atoms with E-state index in [1.807, 2.05) is 18.7 Å². The number of aromatic nitrogens is 2. The molecule has 98 valence electrons. The van der Waals surface area contributed by atoms with Crippen LogP contribution >= 0.6 is 0 Å². The van der Waals surface area contributed by atoms with Crippen molar-refractivity contribution in [3.05, 3.63) is 11.9 Å². The molecule has 1 aromatic rings. The Labute approximate surface area is 107 Å². The van der Waals surface area contributed by atoms with Crippen LogP contribution in [0.5, 0.6) is 0 Å². The highest BCUT2D eigenvalue weighted by molar-refractivity contribution is 5.82. The summed E-state index contributed by atoms with van der Waals surface area (Å²) in [6.07, 6.45) is 2.48. The fraction of sp³-hybridized carbons (Fsp3) is 0.583. The lowest BCUT2D eigenvalue weighted by Crippen LogP contribution is -2.34. The molecule has 0 unspecified atom stereocenters. The molecular formula is C12H19N5O. The van der Waals surface area contributed by atoms with Crippen LogP contribution in [-0.2, 0) is 4.79 Å². The Morgan fingerprint density at radius 1 is 1.50 bits per heavy atom. The molecule has 0 saturated carbocycles. The van der Waals surface area contributed by atoms with Gasteiger partial charge in [0.05, 0.1) is 6.54 Å². The zero-order chi connectivity index (χ0) is 13.0. The van der Waals surface area contributed by atoms with E-state index in [0.717, 1.165) is 43.3 Å². The molecule has 1 fully saturated rings. The van der Waals surface area contributed by atoms with Crippen molar-refractivity contribution >= 4 is 17.5 Å². The van der Waals surface area contributed by atoms with Gasteiger partial charge in [-0.1, -0.05) is 0 Å². The lowest BCUT2D eigenvalue weighted by molar-refractivity contribution is -0.119. The van der Waals surface area contributed by atoms with E-state index in [1.54, 1.807) is 6.33 Å². The largest absolute Gasteiger partial charge is 0.370 e. The maximum Gasteiger partial charge on any atom is 0.239 e. The molecule has 6 nitrogen and oxygen atoms in total. The molecular weight excluding hydrogens is 230 g/mol. The fourth-order valence-corrected chi connectivity index (χ4v) is 2.09. The topological polar surface area (TPSA) is 70.2 Å². The summed E-state index contributed by atoms with van der Waals surface area (Å²) in [5.41, 5.74) is 0.994. The van der Waals surface area contributed by atoms with Crippen molar-refractivity contribution in [2.45, 2.75) is 20.3 Å². The highest BCUT2D eigenvalue weighted by atomic mass is 16.2. The van der Waals surface area contributed by atoms with Gasteiger partial charge < -0.3 is 15.5 Å². The molecule has 1 aromatic heterocycles. The van der Waals surface area contributed by atoms with Gasteiger partial charge in [0.1, 0.15) is 18.0 Å². The molecule has 0 aliphatic carbocycles. The van der Waals surface area contributed by atoms with E-state index in [-0.39, 0.29) is 5.91 Å². The molecule has 0 radical (unpaired) electrons. The molecule has 0 bridgehead atoms. The summed E-state index contributed by atoms with van der Waals surface area (Å²) < 4.78 is 0. The minimum atomic E-state index is 0.0514. The SMILES string of the molecule is CCNc1ncnc(N2CCCNC(=O)C2)c1C. The molecule has 1 saturated heterocycles. The second-order valence-corrected chi connectivity index (χ2v) is 4.33. The molecule has 0 aromatic carbocycles. The van der Waals surface area contributed by atoms with E-state index in [4.69, 9.17) is 0 Å². The third kappa shape index (κ3) is 2.69. The van der Waals surface area contributed by atoms with Gasteiger partial charge in [-0.2, -0.15) is 0 Å². The molecule has 1 amide bonds. The molecule has 0 atom stereocenters. The van der Waals surface area contributed by atoms with Crippen molar-refractivity contribution < 1.29 is 4.79 Å². The Kier molecular flexibility index (Phi) is 3.96. The highest BCUT2D eigenvalue weighted by Gasteiger charge is 2.19. The number of carbonyl (C=O) groups excluding carboxylic acids is 1. The minimum Gasteiger partial charge on any atom is -0.370 e. The van der Waals surface area contributed by atoms with Crippen LogP contribution in [0.3, 0.4) is 0 Å². The minimum absolute atomic E-state index is 0.0514. The first-order valence-corrected chi connectivity index (χ1v) is 6.29. The first-order chi connectivity index (χ1) is 8.72. The number of rotatable bonds is 3. The third-order valence-corrected chi connectivity index (χ3v) is 2.96. The number of hydrogen-bond acceptors (Lipinski definition) is 5. The molecule has 1 aliphatic rings. The smallest absolute Gasteiger partial charge is 0.239 e. The van der Waals surface area contributed by atoms with Crippen LogP contribution in [0.25, 0.3) is 0 Å². The zero-order valence-corrected chi connectivity index (χ0v) is 10.9. The molecule has 0 spiro atoms. The van der Waals surface area contributed by atoms with Crippen LogP contribution in [0.2, 0.25) is 0 Å². The van der Waals surface area contributed by atoms with Crippen LogP contribution in [0.1, 0.15) is 18.9 Å². The molecule has 2 N–H and O–H groups in total. The Morgan fingerprint density at radius 2 is 2.33 bits per heavy atom.